The molecule has 0 aromatic carbocycles. The molecule has 1 rings (SSSR count). The molecule has 0 bridgehead atoms. The first-order chi connectivity index (χ1) is 9.96. The van der Waals surface area contributed by atoms with Gasteiger partial charge in [-0.25, -0.2) is 9.98 Å². The van der Waals surface area contributed by atoms with Crippen LogP contribution in [0.15, 0.2) is 35.3 Å². The molecule has 118 valence electrons. The maximum absolute atomic E-state index is 10.6. The van der Waals surface area contributed by atoms with Crippen molar-refractivity contribution >= 4 is 11.8 Å². The number of hydrogen-bond acceptors (Lipinski definition) is 5. The summed E-state index contributed by atoms with van der Waals surface area (Å²) >= 11 is 0. The van der Waals surface area contributed by atoms with Gasteiger partial charge in [0.15, 0.2) is 5.54 Å². The van der Waals surface area contributed by atoms with Gasteiger partial charge in [-0.1, -0.05) is 26.0 Å². The molecule has 1 aliphatic rings. The third-order valence-electron chi connectivity index (χ3n) is 3.62. The number of rotatable bonds is 6. The average Bonchev–Trinajstić information content (AvgIpc) is 2.46. The van der Waals surface area contributed by atoms with Crippen LogP contribution in [0, 0.1) is 5.92 Å². The molecule has 3 atom stereocenters. The number of ether oxygens (including phenoxy) is 2. The molecule has 0 aliphatic carbocycles. The SMILES string of the molecule is C=CC[C@H](O)[C@]1(CC=C)N=C(OC)[C@@H](C(C)C)N=C1OC. The summed E-state index contributed by atoms with van der Waals surface area (Å²) in [7, 11) is 3.11. The topological polar surface area (TPSA) is 63.4 Å². The summed E-state index contributed by atoms with van der Waals surface area (Å²) in [6.45, 7) is 11.5. The lowest BCUT2D eigenvalue weighted by atomic mass is 9.84. The highest BCUT2D eigenvalue weighted by Gasteiger charge is 2.47. The van der Waals surface area contributed by atoms with Crippen LogP contribution in [0.3, 0.4) is 0 Å². The zero-order valence-corrected chi connectivity index (χ0v) is 13.4. The molecule has 1 heterocycles. The first kappa shape index (κ1) is 17.4. The zero-order chi connectivity index (χ0) is 16.0. The lowest BCUT2D eigenvalue weighted by molar-refractivity contribution is 0.106. The molecule has 0 saturated carbocycles. The van der Waals surface area contributed by atoms with Gasteiger partial charge in [0.2, 0.25) is 11.8 Å². The van der Waals surface area contributed by atoms with Gasteiger partial charge in [0, 0.05) is 6.42 Å². The Morgan fingerprint density at radius 1 is 1.29 bits per heavy atom. The standard InChI is InChI=1S/C16H26N2O3/c1-7-9-12(19)16(10-8-2)15(21-6)17-13(11(3)4)14(18-16)20-5/h7-8,11-13,19H,1-2,9-10H2,3-6H3/t12-,13+,16-/m0/s1. The van der Waals surface area contributed by atoms with Crippen molar-refractivity contribution in [1.29, 1.82) is 0 Å². The van der Waals surface area contributed by atoms with Crippen LogP contribution in [0.4, 0.5) is 0 Å². The molecule has 5 nitrogen and oxygen atoms in total. The average molecular weight is 294 g/mol. The molecule has 0 unspecified atom stereocenters. The summed E-state index contributed by atoms with van der Waals surface area (Å²) in [5, 5.41) is 10.6. The van der Waals surface area contributed by atoms with Gasteiger partial charge in [0.05, 0.1) is 20.3 Å². The molecule has 0 aromatic rings. The quantitative estimate of drug-likeness (QED) is 0.765. The molecule has 0 amide bonds. The fraction of sp³-hybridized carbons (Fsp3) is 0.625. The van der Waals surface area contributed by atoms with Crippen molar-refractivity contribution in [3.8, 4) is 0 Å². The third-order valence-corrected chi connectivity index (χ3v) is 3.62. The zero-order valence-electron chi connectivity index (χ0n) is 13.4. The Labute approximate surface area is 127 Å². The van der Waals surface area contributed by atoms with Crippen LogP contribution in [0.5, 0.6) is 0 Å². The highest BCUT2D eigenvalue weighted by molar-refractivity contribution is 5.97. The molecule has 1 aliphatic heterocycles. The minimum absolute atomic E-state index is 0.209. The Kier molecular flexibility index (Phi) is 6.15. The molecular formula is C16H26N2O3. The number of aliphatic hydroxyl groups excluding tert-OH is 1. The smallest absolute Gasteiger partial charge is 0.215 e. The van der Waals surface area contributed by atoms with Crippen LogP contribution >= 0.6 is 0 Å². The van der Waals surface area contributed by atoms with E-state index < -0.39 is 11.6 Å². The second kappa shape index (κ2) is 7.41. The van der Waals surface area contributed by atoms with Crippen molar-refractivity contribution in [1.82, 2.24) is 0 Å². The Balaban J connectivity index is 3.38. The van der Waals surface area contributed by atoms with E-state index in [0.29, 0.717) is 24.6 Å². The van der Waals surface area contributed by atoms with Gasteiger partial charge in [-0.05, 0) is 12.3 Å². The molecule has 0 spiro atoms. The number of aliphatic hydroxyl groups is 1. The van der Waals surface area contributed by atoms with E-state index in [4.69, 9.17) is 9.47 Å². The van der Waals surface area contributed by atoms with Crippen molar-refractivity contribution in [2.24, 2.45) is 15.9 Å². The van der Waals surface area contributed by atoms with Crippen molar-refractivity contribution in [2.45, 2.75) is 44.4 Å². The molecule has 0 aromatic heterocycles. The highest BCUT2D eigenvalue weighted by atomic mass is 16.5. The van der Waals surface area contributed by atoms with E-state index in [1.807, 2.05) is 13.8 Å². The second-order valence-corrected chi connectivity index (χ2v) is 5.44. The van der Waals surface area contributed by atoms with Crippen molar-refractivity contribution in [3.63, 3.8) is 0 Å². The summed E-state index contributed by atoms with van der Waals surface area (Å²) < 4.78 is 10.8. The monoisotopic (exact) mass is 294 g/mol. The highest BCUT2D eigenvalue weighted by Crippen LogP contribution is 2.32. The van der Waals surface area contributed by atoms with Gasteiger partial charge in [0.25, 0.3) is 0 Å². The Hall–Kier alpha value is -1.62. The van der Waals surface area contributed by atoms with Gasteiger partial charge >= 0.3 is 0 Å². The predicted molar refractivity (Wildman–Crippen MR) is 85.9 cm³/mol. The van der Waals surface area contributed by atoms with E-state index in [2.05, 4.69) is 23.1 Å². The van der Waals surface area contributed by atoms with Crippen LogP contribution in [-0.2, 0) is 9.47 Å². The summed E-state index contributed by atoms with van der Waals surface area (Å²) in [4.78, 5) is 9.29. The maximum atomic E-state index is 10.6. The molecular weight excluding hydrogens is 268 g/mol. The Morgan fingerprint density at radius 3 is 2.38 bits per heavy atom. The molecule has 0 saturated heterocycles. The van der Waals surface area contributed by atoms with Gasteiger partial charge in [0.1, 0.15) is 6.04 Å². The minimum Gasteiger partial charge on any atom is -0.483 e. The first-order valence-corrected chi connectivity index (χ1v) is 7.12. The van der Waals surface area contributed by atoms with Crippen LogP contribution in [0.1, 0.15) is 26.7 Å². The maximum Gasteiger partial charge on any atom is 0.215 e. The fourth-order valence-electron chi connectivity index (χ4n) is 2.49. The van der Waals surface area contributed by atoms with E-state index in [1.54, 1.807) is 26.4 Å². The van der Waals surface area contributed by atoms with Crippen LogP contribution in [0.25, 0.3) is 0 Å². The third kappa shape index (κ3) is 3.35. The minimum atomic E-state index is -0.999. The molecule has 21 heavy (non-hydrogen) atoms. The molecule has 0 fully saturated rings. The second-order valence-electron chi connectivity index (χ2n) is 5.44. The van der Waals surface area contributed by atoms with Crippen molar-refractivity contribution in [3.05, 3.63) is 25.3 Å². The Bertz CT molecular complexity index is 443. The van der Waals surface area contributed by atoms with Gasteiger partial charge in [-0.3, -0.25) is 0 Å². The summed E-state index contributed by atoms with van der Waals surface area (Å²) in [5.41, 5.74) is -0.999. The van der Waals surface area contributed by atoms with Crippen LogP contribution < -0.4 is 0 Å². The normalized spacial score (nSPS) is 26.7. The predicted octanol–water partition coefficient (Wildman–Crippen LogP) is 2.37. The number of methoxy groups -OCH3 is 2. The molecule has 0 radical (unpaired) electrons. The lowest BCUT2D eigenvalue weighted by Gasteiger charge is -2.38. The largest absolute Gasteiger partial charge is 0.483 e. The van der Waals surface area contributed by atoms with Crippen molar-refractivity contribution < 1.29 is 14.6 Å². The van der Waals surface area contributed by atoms with Gasteiger partial charge in [-0.2, -0.15) is 0 Å². The Morgan fingerprint density at radius 2 is 1.95 bits per heavy atom. The van der Waals surface area contributed by atoms with E-state index in [-0.39, 0.29) is 12.0 Å². The van der Waals surface area contributed by atoms with Gasteiger partial charge < -0.3 is 14.6 Å². The summed E-state index contributed by atoms with van der Waals surface area (Å²) in [6, 6.07) is -0.209. The van der Waals surface area contributed by atoms with Gasteiger partial charge in [-0.15, -0.1) is 13.2 Å². The lowest BCUT2D eigenvalue weighted by Crippen LogP contribution is -2.53. The summed E-state index contributed by atoms with van der Waals surface area (Å²) in [5.74, 6) is 1.14. The molecule has 1 N–H and O–H groups in total. The molecule has 5 heteroatoms. The number of nitrogens with zero attached hydrogens (tertiary/aromatic N) is 2. The van der Waals surface area contributed by atoms with Crippen LogP contribution in [0.2, 0.25) is 0 Å². The fourth-order valence-corrected chi connectivity index (χ4v) is 2.49. The van der Waals surface area contributed by atoms with E-state index in [1.165, 1.54) is 0 Å². The van der Waals surface area contributed by atoms with E-state index >= 15 is 0 Å². The first-order valence-electron chi connectivity index (χ1n) is 7.12. The number of aliphatic imine (C=N–C) groups is 2. The van der Waals surface area contributed by atoms with Crippen molar-refractivity contribution in [2.75, 3.05) is 14.2 Å². The number of hydrogen-bond donors (Lipinski definition) is 1. The van der Waals surface area contributed by atoms with E-state index in [9.17, 15) is 5.11 Å². The van der Waals surface area contributed by atoms with Crippen LogP contribution in [-0.4, -0.2) is 48.8 Å². The summed E-state index contributed by atoms with van der Waals surface area (Å²) in [6.07, 6.45) is 3.34. The van der Waals surface area contributed by atoms with E-state index in [0.717, 1.165) is 0 Å².